The largest absolute Gasteiger partial charge is 0.342 e. The maximum Gasteiger partial charge on any atom is 0.240 e. The van der Waals surface area contributed by atoms with Gasteiger partial charge in [-0.3, -0.25) is 14.4 Å². The summed E-state index contributed by atoms with van der Waals surface area (Å²) in [6, 6.07) is 5.78. The highest BCUT2D eigenvalue weighted by Gasteiger charge is 2.26. The van der Waals surface area contributed by atoms with Gasteiger partial charge in [0.2, 0.25) is 17.7 Å². The maximum absolute atomic E-state index is 12.7. The van der Waals surface area contributed by atoms with Gasteiger partial charge in [0.1, 0.15) is 0 Å². The summed E-state index contributed by atoms with van der Waals surface area (Å²) in [5, 5.41) is 7.02. The molecule has 1 aromatic heterocycles. The average molecular weight is 439 g/mol. The van der Waals surface area contributed by atoms with Crippen LogP contribution in [0.5, 0.6) is 0 Å². The molecule has 32 heavy (non-hydrogen) atoms. The van der Waals surface area contributed by atoms with E-state index in [0.717, 1.165) is 48.4 Å². The van der Waals surface area contributed by atoms with E-state index in [0.29, 0.717) is 38.6 Å². The SMILES string of the molecule is CCn1cnc2cc(NC(=O)C[C@H]3CCCN(C(=O)CCC4=NNC(=O)CC4)C3)ccc21. The standard InChI is InChI=1S/C23H30N6O3/c1-2-28-15-24-19-13-18(5-8-20(19)28)25-22(31)12-16-4-3-11-29(14-16)23(32)10-7-17-6-9-21(30)27-26-17/h5,8,13,15-16H,2-4,6-7,9-12,14H2,1H3,(H,25,31)(H,27,30)/t16-/m1/s1. The first-order valence-corrected chi connectivity index (χ1v) is 11.4. The molecule has 0 saturated carbocycles. The van der Waals surface area contributed by atoms with Crippen LogP contribution >= 0.6 is 0 Å². The second kappa shape index (κ2) is 9.93. The molecule has 170 valence electrons. The van der Waals surface area contributed by atoms with E-state index in [1.807, 2.05) is 23.1 Å². The average Bonchev–Trinajstić information content (AvgIpc) is 3.21. The van der Waals surface area contributed by atoms with E-state index in [1.165, 1.54) is 0 Å². The molecule has 0 bridgehead atoms. The zero-order valence-electron chi connectivity index (χ0n) is 18.5. The van der Waals surface area contributed by atoms with E-state index < -0.39 is 0 Å². The van der Waals surface area contributed by atoms with Crippen LogP contribution in [0.4, 0.5) is 5.69 Å². The predicted molar refractivity (Wildman–Crippen MR) is 122 cm³/mol. The van der Waals surface area contributed by atoms with E-state index in [2.05, 4.69) is 32.3 Å². The van der Waals surface area contributed by atoms with Crippen LogP contribution in [0.2, 0.25) is 0 Å². The summed E-state index contributed by atoms with van der Waals surface area (Å²) < 4.78 is 2.06. The van der Waals surface area contributed by atoms with Crippen LogP contribution in [0.3, 0.4) is 0 Å². The Morgan fingerprint density at radius 3 is 2.94 bits per heavy atom. The lowest BCUT2D eigenvalue weighted by Crippen LogP contribution is -2.41. The van der Waals surface area contributed by atoms with E-state index in [9.17, 15) is 14.4 Å². The van der Waals surface area contributed by atoms with Gasteiger partial charge in [-0.2, -0.15) is 5.10 Å². The molecule has 3 heterocycles. The minimum atomic E-state index is -0.0761. The first-order valence-electron chi connectivity index (χ1n) is 11.4. The molecule has 0 aliphatic carbocycles. The number of hydrogen-bond acceptors (Lipinski definition) is 5. The molecule has 0 unspecified atom stereocenters. The number of piperidine rings is 1. The minimum Gasteiger partial charge on any atom is -0.342 e. The first-order chi connectivity index (χ1) is 15.5. The number of hydrazone groups is 1. The van der Waals surface area contributed by atoms with Crippen molar-refractivity contribution in [3.05, 3.63) is 24.5 Å². The van der Waals surface area contributed by atoms with Crippen molar-refractivity contribution in [1.82, 2.24) is 19.9 Å². The highest BCUT2D eigenvalue weighted by molar-refractivity contribution is 5.95. The summed E-state index contributed by atoms with van der Waals surface area (Å²) in [6.07, 6.45) is 6.05. The topological polar surface area (TPSA) is 109 Å². The number of imidazole rings is 1. The molecule has 9 heteroatoms. The van der Waals surface area contributed by atoms with Gasteiger partial charge >= 0.3 is 0 Å². The first kappa shape index (κ1) is 22.0. The molecular weight excluding hydrogens is 408 g/mol. The number of amides is 3. The molecule has 0 radical (unpaired) electrons. The third-order valence-electron chi connectivity index (χ3n) is 6.20. The summed E-state index contributed by atoms with van der Waals surface area (Å²) in [4.78, 5) is 42.7. The van der Waals surface area contributed by atoms with Crippen LogP contribution in [0.25, 0.3) is 11.0 Å². The molecule has 2 N–H and O–H groups in total. The van der Waals surface area contributed by atoms with Crippen LogP contribution < -0.4 is 10.7 Å². The Hall–Kier alpha value is -3.23. The van der Waals surface area contributed by atoms with Crippen LogP contribution in [0.1, 0.15) is 51.9 Å². The van der Waals surface area contributed by atoms with Gasteiger partial charge < -0.3 is 14.8 Å². The molecule has 0 spiro atoms. The lowest BCUT2D eigenvalue weighted by atomic mass is 9.94. The van der Waals surface area contributed by atoms with Crippen LogP contribution in [-0.2, 0) is 20.9 Å². The summed E-state index contributed by atoms with van der Waals surface area (Å²) in [7, 11) is 0. The Bertz CT molecular complexity index is 1040. The number of carbonyl (C=O) groups excluding carboxylic acids is 3. The van der Waals surface area contributed by atoms with Gasteiger partial charge in [0.25, 0.3) is 0 Å². The molecule has 1 aromatic carbocycles. The molecular formula is C23H30N6O3. The third-order valence-corrected chi connectivity index (χ3v) is 6.20. The number of aromatic nitrogens is 2. The van der Waals surface area contributed by atoms with Gasteiger partial charge in [-0.1, -0.05) is 0 Å². The van der Waals surface area contributed by atoms with E-state index in [1.54, 1.807) is 6.33 Å². The lowest BCUT2D eigenvalue weighted by Gasteiger charge is -2.32. The van der Waals surface area contributed by atoms with Crippen LogP contribution in [-0.4, -0.2) is 51.0 Å². The molecule has 4 rings (SSSR count). The molecule has 1 atom stereocenters. The Kier molecular flexibility index (Phi) is 6.82. The van der Waals surface area contributed by atoms with Crippen molar-refractivity contribution in [3.63, 3.8) is 0 Å². The predicted octanol–water partition coefficient (Wildman–Crippen LogP) is 2.67. The second-order valence-corrected chi connectivity index (χ2v) is 8.55. The van der Waals surface area contributed by atoms with E-state index >= 15 is 0 Å². The van der Waals surface area contributed by atoms with Crippen LogP contribution in [0.15, 0.2) is 29.6 Å². The number of anilines is 1. The van der Waals surface area contributed by atoms with Crippen molar-refractivity contribution >= 4 is 40.2 Å². The van der Waals surface area contributed by atoms with Gasteiger partial charge in [0.05, 0.1) is 17.4 Å². The molecule has 1 saturated heterocycles. The zero-order valence-corrected chi connectivity index (χ0v) is 18.5. The Labute approximate surface area is 187 Å². The molecule has 2 aromatic rings. The number of nitrogens with one attached hydrogen (secondary N) is 2. The fraction of sp³-hybridized carbons (Fsp3) is 0.522. The summed E-state index contributed by atoms with van der Waals surface area (Å²) in [5.74, 6) is 0.132. The Morgan fingerprint density at radius 1 is 1.28 bits per heavy atom. The zero-order chi connectivity index (χ0) is 22.5. The van der Waals surface area contributed by atoms with Crippen molar-refractivity contribution in [2.24, 2.45) is 11.0 Å². The van der Waals surface area contributed by atoms with Crippen molar-refractivity contribution < 1.29 is 14.4 Å². The number of hydrogen-bond donors (Lipinski definition) is 2. The number of likely N-dealkylation sites (tertiary alicyclic amines) is 1. The quantitative estimate of drug-likeness (QED) is 0.693. The number of aryl methyl sites for hydroxylation is 1. The van der Waals surface area contributed by atoms with Crippen molar-refractivity contribution in [3.8, 4) is 0 Å². The van der Waals surface area contributed by atoms with E-state index in [-0.39, 0.29) is 23.6 Å². The molecule has 2 aliphatic heterocycles. The highest BCUT2D eigenvalue weighted by atomic mass is 16.2. The third kappa shape index (κ3) is 5.33. The molecule has 3 amide bonds. The van der Waals surface area contributed by atoms with Gasteiger partial charge in [0, 0.05) is 50.3 Å². The fourth-order valence-corrected chi connectivity index (χ4v) is 4.43. The van der Waals surface area contributed by atoms with Crippen molar-refractivity contribution in [1.29, 1.82) is 0 Å². The summed E-state index contributed by atoms with van der Waals surface area (Å²) in [6.45, 7) is 4.26. The summed E-state index contributed by atoms with van der Waals surface area (Å²) in [5.41, 5.74) is 5.99. The Balaban J connectivity index is 1.26. The number of rotatable bonds is 7. The lowest BCUT2D eigenvalue weighted by molar-refractivity contribution is -0.133. The van der Waals surface area contributed by atoms with Gasteiger partial charge in [-0.15, -0.1) is 0 Å². The fourth-order valence-electron chi connectivity index (χ4n) is 4.43. The molecule has 1 fully saturated rings. The monoisotopic (exact) mass is 438 g/mol. The smallest absolute Gasteiger partial charge is 0.240 e. The second-order valence-electron chi connectivity index (χ2n) is 8.55. The molecule has 9 nitrogen and oxygen atoms in total. The summed E-state index contributed by atoms with van der Waals surface area (Å²) >= 11 is 0. The van der Waals surface area contributed by atoms with Gasteiger partial charge in [0.15, 0.2) is 0 Å². The van der Waals surface area contributed by atoms with Crippen molar-refractivity contribution in [2.45, 2.75) is 58.4 Å². The normalized spacial score (nSPS) is 18.9. The van der Waals surface area contributed by atoms with Gasteiger partial charge in [-0.25, -0.2) is 10.4 Å². The van der Waals surface area contributed by atoms with Gasteiger partial charge in [-0.05, 0) is 56.7 Å². The number of carbonyl (C=O) groups is 3. The molecule has 2 aliphatic rings. The van der Waals surface area contributed by atoms with Crippen LogP contribution in [0, 0.1) is 5.92 Å². The Morgan fingerprint density at radius 2 is 2.16 bits per heavy atom. The number of benzene rings is 1. The number of fused-ring (bicyclic) bond motifs is 1. The highest BCUT2D eigenvalue weighted by Crippen LogP contribution is 2.23. The van der Waals surface area contributed by atoms with E-state index in [4.69, 9.17) is 0 Å². The minimum absolute atomic E-state index is 0.0362. The number of nitrogens with zero attached hydrogens (tertiary/aromatic N) is 4. The van der Waals surface area contributed by atoms with Crippen molar-refractivity contribution in [2.75, 3.05) is 18.4 Å². The maximum atomic E-state index is 12.7.